The highest BCUT2D eigenvalue weighted by atomic mass is 16.5. The van der Waals surface area contributed by atoms with Crippen molar-refractivity contribution in [2.45, 2.75) is 33.7 Å². The Hall–Kier alpha value is -1.71. The lowest BCUT2D eigenvalue weighted by atomic mass is 10.1. The van der Waals surface area contributed by atoms with Crippen molar-refractivity contribution in [1.82, 2.24) is 10.6 Å². The van der Waals surface area contributed by atoms with E-state index >= 15 is 0 Å². The van der Waals surface area contributed by atoms with Gasteiger partial charge in [0.1, 0.15) is 12.4 Å². The molecule has 0 spiro atoms. The summed E-state index contributed by atoms with van der Waals surface area (Å²) in [6.45, 7) is 9.92. The van der Waals surface area contributed by atoms with Gasteiger partial charge in [-0.25, -0.2) is 0 Å². The minimum absolute atomic E-state index is 0.388. The Morgan fingerprint density at radius 2 is 2.05 bits per heavy atom. The normalized spacial score (nSPS) is 13.2. The summed E-state index contributed by atoms with van der Waals surface area (Å²) in [6.07, 6.45) is 0. The summed E-state index contributed by atoms with van der Waals surface area (Å²) in [5.41, 5.74) is 1.21. The van der Waals surface area contributed by atoms with Crippen LogP contribution in [-0.2, 0) is 0 Å². The van der Waals surface area contributed by atoms with Gasteiger partial charge in [-0.2, -0.15) is 0 Å². The number of aliphatic imine (C=N–C) groups is 1. The maximum absolute atomic E-state index is 5.69. The summed E-state index contributed by atoms with van der Waals surface area (Å²) in [5, 5.41) is 6.61. The maximum atomic E-state index is 5.69. The van der Waals surface area contributed by atoms with Crippen LogP contribution in [0.2, 0.25) is 0 Å². The fourth-order valence-electron chi connectivity index (χ4n) is 1.62. The summed E-state index contributed by atoms with van der Waals surface area (Å²) in [6, 6.07) is 8.46. The molecule has 2 N–H and O–H groups in total. The fraction of sp³-hybridized carbons (Fsp3) is 0.562. The van der Waals surface area contributed by atoms with Gasteiger partial charge in [0.2, 0.25) is 0 Å². The Bertz CT molecular complexity index is 429. The van der Waals surface area contributed by atoms with Crippen LogP contribution in [0.5, 0.6) is 5.75 Å². The average molecular weight is 277 g/mol. The molecule has 0 saturated heterocycles. The van der Waals surface area contributed by atoms with Gasteiger partial charge in [0.25, 0.3) is 0 Å². The number of rotatable bonds is 6. The summed E-state index contributed by atoms with van der Waals surface area (Å²) >= 11 is 0. The molecule has 1 aromatic rings. The van der Waals surface area contributed by atoms with Crippen LogP contribution >= 0.6 is 0 Å². The molecule has 1 aromatic carbocycles. The van der Waals surface area contributed by atoms with Gasteiger partial charge in [0.05, 0.1) is 6.54 Å². The van der Waals surface area contributed by atoms with Crippen LogP contribution in [0, 0.1) is 12.8 Å². The van der Waals surface area contributed by atoms with Gasteiger partial charge >= 0.3 is 0 Å². The van der Waals surface area contributed by atoms with Crippen molar-refractivity contribution in [1.29, 1.82) is 0 Å². The van der Waals surface area contributed by atoms with Crippen LogP contribution in [0.4, 0.5) is 0 Å². The number of benzene rings is 1. The number of nitrogens with one attached hydrogen (secondary N) is 2. The average Bonchev–Trinajstić information content (AvgIpc) is 2.41. The van der Waals surface area contributed by atoms with Gasteiger partial charge < -0.3 is 15.4 Å². The molecule has 1 unspecified atom stereocenters. The standard InChI is InChI=1S/C16H27N3O/c1-12(2)14(4)19-16(17-5)18-9-10-20-15-8-6-7-13(3)11-15/h6-8,11-12,14H,9-10H2,1-5H3,(H2,17,18,19). The predicted molar refractivity (Wildman–Crippen MR) is 85.5 cm³/mol. The van der Waals surface area contributed by atoms with E-state index in [-0.39, 0.29) is 0 Å². The van der Waals surface area contributed by atoms with Crippen LogP contribution < -0.4 is 15.4 Å². The number of guanidine groups is 1. The third kappa shape index (κ3) is 5.95. The van der Waals surface area contributed by atoms with E-state index in [1.165, 1.54) is 5.56 Å². The highest BCUT2D eigenvalue weighted by molar-refractivity contribution is 5.79. The highest BCUT2D eigenvalue weighted by Gasteiger charge is 2.08. The Morgan fingerprint density at radius 1 is 1.30 bits per heavy atom. The minimum Gasteiger partial charge on any atom is -0.492 e. The third-order valence-corrected chi connectivity index (χ3v) is 3.24. The second kappa shape index (κ2) is 8.46. The fourth-order valence-corrected chi connectivity index (χ4v) is 1.62. The molecule has 0 bridgehead atoms. The van der Waals surface area contributed by atoms with Crippen molar-refractivity contribution in [3.63, 3.8) is 0 Å². The van der Waals surface area contributed by atoms with Gasteiger partial charge in [-0.05, 0) is 37.5 Å². The molecule has 0 aromatic heterocycles. The zero-order chi connectivity index (χ0) is 15.0. The molecule has 0 aliphatic carbocycles. The summed E-state index contributed by atoms with van der Waals surface area (Å²) in [5.74, 6) is 2.29. The molecular weight excluding hydrogens is 250 g/mol. The van der Waals surface area contributed by atoms with E-state index in [0.717, 1.165) is 18.3 Å². The first-order chi connectivity index (χ1) is 9.52. The number of aryl methyl sites for hydroxylation is 1. The van der Waals surface area contributed by atoms with Gasteiger partial charge in [0, 0.05) is 13.1 Å². The highest BCUT2D eigenvalue weighted by Crippen LogP contribution is 2.11. The van der Waals surface area contributed by atoms with Crippen molar-refractivity contribution < 1.29 is 4.74 Å². The molecule has 1 rings (SSSR count). The summed E-state index contributed by atoms with van der Waals surface area (Å²) < 4.78 is 5.69. The zero-order valence-electron chi connectivity index (χ0n) is 13.2. The van der Waals surface area contributed by atoms with E-state index in [2.05, 4.69) is 49.4 Å². The first kappa shape index (κ1) is 16.3. The maximum Gasteiger partial charge on any atom is 0.191 e. The van der Waals surface area contributed by atoms with Gasteiger partial charge in [0.15, 0.2) is 5.96 Å². The van der Waals surface area contributed by atoms with E-state index in [4.69, 9.17) is 4.74 Å². The minimum atomic E-state index is 0.388. The van der Waals surface area contributed by atoms with Crippen molar-refractivity contribution in [2.75, 3.05) is 20.2 Å². The van der Waals surface area contributed by atoms with Crippen LogP contribution in [0.1, 0.15) is 26.3 Å². The first-order valence-corrected chi connectivity index (χ1v) is 7.19. The summed E-state index contributed by atoms with van der Waals surface area (Å²) in [4.78, 5) is 4.21. The Morgan fingerprint density at radius 3 is 2.65 bits per heavy atom. The Kier molecular flexibility index (Phi) is 6.91. The molecule has 1 atom stereocenters. The zero-order valence-corrected chi connectivity index (χ0v) is 13.2. The second-order valence-corrected chi connectivity index (χ2v) is 5.34. The molecule has 0 fully saturated rings. The van der Waals surface area contributed by atoms with Crippen LogP contribution in [0.15, 0.2) is 29.3 Å². The SMILES string of the molecule is CN=C(NCCOc1cccc(C)c1)NC(C)C(C)C. The predicted octanol–water partition coefficient (Wildman–Crippen LogP) is 2.58. The molecule has 0 aliphatic heterocycles. The van der Waals surface area contributed by atoms with Crippen LogP contribution in [0.25, 0.3) is 0 Å². The number of hydrogen-bond acceptors (Lipinski definition) is 2. The molecule has 4 nitrogen and oxygen atoms in total. The van der Waals surface area contributed by atoms with Crippen molar-refractivity contribution in [2.24, 2.45) is 10.9 Å². The molecule has 0 amide bonds. The van der Waals surface area contributed by atoms with Crippen LogP contribution in [-0.4, -0.2) is 32.2 Å². The monoisotopic (exact) mass is 277 g/mol. The van der Waals surface area contributed by atoms with E-state index in [0.29, 0.717) is 18.6 Å². The molecule has 0 aliphatic rings. The van der Waals surface area contributed by atoms with Crippen molar-refractivity contribution in [3.05, 3.63) is 29.8 Å². The molecule has 0 saturated carbocycles. The lowest BCUT2D eigenvalue weighted by Crippen LogP contribution is -2.45. The smallest absolute Gasteiger partial charge is 0.191 e. The Balaban J connectivity index is 2.29. The van der Waals surface area contributed by atoms with E-state index in [1.54, 1.807) is 7.05 Å². The molecule has 0 radical (unpaired) electrons. The topological polar surface area (TPSA) is 45.7 Å². The van der Waals surface area contributed by atoms with Gasteiger partial charge in [-0.3, -0.25) is 4.99 Å². The largest absolute Gasteiger partial charge is 0.492 e. The van der Waals surface area contributed by atoms with E-state index in [9.17, 15) is 0 Å². The van der Waals surface area contributed by atoms with E-state index in [1.807, 2.05) is 18.2 Å². The van der Waals surface area contributed by atoms with Gasteiger partial charge in [-0.15, -0.1) is 0 Å². The summed E-state index contributed by atoms with van der Waals surface area (Å²) in [7, 11) is 1.78. The lowest BCUT2D eigenvalue weighted by Gasteiger charge is -2.20. The van der Waals surface area contributed by atoms with Crippen molar-refractivity contribution >= 4 is 5.96 Å². The molecule has 0 heterocycles. The number of hydrogen-bond donors (Lipinski definition) is 2. The molecular formula is C16H27N3O. The first-order valence-electron chi connectivity index (χ1n) is 7.19. The molecule has 112 valence electrons. The van der Waals surface area contributed by atoms with Gasteiger partial charge in [-0.1, -0.05) is 26.0 Å². The van der Waals surface area contributed by atoms with Crippen LogP contribution in [0.3, 0.4) is 0 Å². The molecule has 4 heteroatoms. The number of ether oxygens (including phenoxy) is 1. The Labute approximate surface area is 122 Å². The van der Waals surface area contributed by atoms with E-state index < -0.39 is 0 Å². The number of nitrogens with zero attached hydrogens (tertiary/aromatic N) is 1. The second-order valence-electron chi connectivity index (χ2n) is 5.34. The molecule has 20 heavy (non-hydrogen) atoms. The van der Waals surface area contributed by atoms with Crippen molar-refractivity contribution in [3.8, 4) is 5.75 Å². The quantitative estimate of drug-likeness (QED) is 0.477. The lowest BCUT2D eigenvalue weighted by molar-refractivity contribution is 0.321. The third-order valence-electron chi connectivity index (χ3n) is 3.24.